The van der Waals surface area contributed by atoms with E-state index < -0.39 is 6.04 Å². The lowest BCUT2D eigenvalue weighted by Gasteiger charge is -2.30. The molecule has 2 N–H and O–H groups in total. The van der Waals surface area contributed by atoms with Gasteiger partial charge in [-0.1, -0.05) is 25.8 Å². The van der Waals surface area contributed by atoms with Crippen LogP contribution in [0.3, 0.4) is 0 Å². The van der Waals surface area contributed by atoms with Crippen molar-refractivity contribution in [3.8, 4) is 11.5 Å². The van der Waals surface area contributed by atoms with Crippen molar-refractivity contribution in [3.05, 3.63) is 35.0 Å². The highest BCUT2D eigenvalue weighted by atomic mass is 32.1. The molecular weight excluding hydrogens is 364 g/mol. The van der Waals surface area contributed by atoms with Crippen LogP contribution in [0.2, 0.25) is 0 Å². The number of thiocarbonyl (C=S) groups is 1. The number of carbonyl (C=O) groups excluding carboxylic acids is 1. The number of methoxy groups -OCH3 is 1. The molecule has 0 bridgehead atoms. The molecule has 1 aliphatic heterocycles. The van der Waals surface area contributed by atoms with Crippen molar-refractivity contribution in [3.63, 3.8) is 0 Å². The normalized spacial score (nSPS) is 16.4. The van der Waals surface area contributed by atoms with Crippen molar-refractivity contribution in [2.24, 2.45) is 0 Å². The molecule has 27 heavy (non-hydrogen) atoms. The number of allylic oxidation sites excluding steroid dienone is 1. The first kappa shape index (κ1) is 21.0. The Morgan fingerprint density at radius 2 is 2.00 bits per heavy atom. The van der Waals surface area contributed by atoms with E-state index >= 15 is 0 Å². The Balaban J connectivity index is 2.30. The Morgan fingerprint density at radius 1 is 1.22 bits per heavy atom. The second kappa shape index (κ2) is 10.2. The zero-order chi connectivity index (χ0) is 19.8. The number of hydrogen-bond donors (Lipinski definition) is 2. The van der Waals surface area contributed by atoms with Crippen LogP contribution in [0.5, 0.6) is 11.5 Å². The molecule has 0 aromatic heterocycles. The summed E-state index contributed by atoms with van der Waals surface area (Å²) in [6.07, 6.45) is 3.27. The number of carbonyl (C=O) groups is 1. The van der Waals surface area contributed by atoms with Crippen LogP contribution in [0, 0.1) is 0 Å². The van der Waals surface area contributed by atoms with Crippen molar-refractivity contribution < 1.29 is 19.0 Å². The van der Waals surface area contributed by atoms with E-state index in [2.05, 4.69) is 17.6 Å². The van der Waals surface area contributed by atoms with Gasteiger partial charge in [0.05, 0.1) is 31.9 Å². The van der Waals surface area contributed by atoms with Gasteiger partial charge in [-0.05, 0) is 50.2 Å². The fourth-order valence-electron chi connectivity index (χ4n) is 2.94. The smallest absolute Gasteiger partial charge is 0.338 e. The molecule has 2 rings (SSSR count). The number of unbranched alkanes of at least 4 members (excludes halogenated alkanes) is 2. The summed E-state index contributed by atoms with van der Waals surface area (Å²) in [7, 11) is 1.60. The minimum absolute atomic E-state index is 0.306. The molecule has 1 atom stereocenters. The van der Waals surface area contributed by atoms with Gasteiger partial charge < -0.3 is 24.8 Å². The lowest BCUT2D eigenvalue weighted by atomic mass is 9.95. The van der Waals surface area contributed by atoms with Gasteiger partial charge in [-0.15, -0.1) is 0 Å². The lowest BCUT2D eigenvalue weighted by Crippen LogP contribution is -2.45. The van der Waals surface area contributed by atoms with E-state index in [4.69, 9.17) is 26.4 Å². The van der Waals surface area contributed by atoms with E-state index in [0.717, 1.165) is 24.8 Å². The van der Waals surface area contributed by atoms with Crippen LogP contribution in [-0.2, 0) is 9.53 Å². The van der Waals surface area contributed by atoms with E-state index in [1.165, 1.54) is 0 Å². The molecule has 0 radical (unpaired) electrons. The summed E-state index contributed by atoms with van der Waals surface area (Å²) in [5.41, 5.74) is 2.03. The second-order valence-corrected chi connectivity index (χ2v) is 6.66. The zero-order valence-corrected chi connectivity index (χ0v) is 17.2. The number of benzene rings is 1. The maximum Gasteiger partial charge on any atom is 0.338 e. The number of esters is 1. The minimum atomic E-state index is -0.416. The van der Waals surface area contributed by atoms with Gasteiger partial charge in [0.1, 0.15) is 0 Å². The molecule has 0 fully saturated rings. The van der Waals surface area contributed by atoms with Gasteiger partial charge in [-0.25, -0.2) is 4.79 Å². The summed E-state index contributed by atoms with van der Waals surface area (Å²) in [6.45, 7) is 6.70. The van der Waals surface area contributed by atoms with E-state index in [1.807, 2.05) is 25.1 Å². The average Bonchev–Trinajstić information content (AvgIpc) is 2.64. The summed E-state index contributed by atoms with van der Waals surface area (Å²) < 4.78 is 16.6. The van der Waals surface area contributed by atoms with Gasteiger partial charge in [0.15, 0.2) is 16.6 Å². The van der Waals surface area contributed by atoms with E-state index in [-0.39, 0.29) is 5.97 Å². The van der Waals surface area contributed by atoms with E-state index in [9.17, 15) is 4.79 Å². The topological polar surface area (TPSA) is 68.8 Å². The molecule has 7 heteroatoms. The summed E-state index contributed by atoms with van der Waals surface area (Å²) in [4.78, 5) is 12.5. The number of ether oxygens (including phenoxy) is 3. The van der Waals surface area contributed by atoms with E-state index in [1.54, 1.807) is 14.0 Å². The van der Waals surface area contributed by atoms with Crippen LogP contribution in [0.25, 0.3) is 0 Å². The first-order chi connectivity index (χ1) is 13.0. The fraction of sp³-hybridized carbons (Fsp3) is 0.500. The van der Waals surface area contributed by atoms with Crippen LogP contribution in [0.1, 0.15) is 51.6 Å². The van der Waals surface area contributed by atoms with Crippen molar-refractivity contribution >= 4 is 23.3 Å². The standard InChI is InChI=1S/C20H28N2O4S/c1-5-7-8-11-26-15-10-9-14(12-16(15)24-4)18-17(19(23)25-6-2)13(3)21-20(27)22-18/h9-10,12,18H,5-8,11H2,1-4H3,(H2,21,22,27)/t18-/m1/s1. The Labute approximate surface area is 166 Å². The van der Waals surface area contributed by atoms with Gasteiger partial charge in [-0.3, -0.25) is 0 Å². The third-order valence-electron chi connectivity index (χ3n) is 4.29. The molecule has 0 saturated heterocycles. The van der Waals surface area contributed by atoms with E-state index in [0.29, 0.717) is 41.1 Å². The zero-order valence-electron chi connectivity index (χ0n) is 16.4. The molecule has 0 unspecified atom stereocenters. The molecule has 6 nitrogen and oxygen atoms in total. The molecule has 0 saturated carbocycles. The van der Waals surface area contributed by atoms with Crippen LogP contribution in [0.4, 0.5) is 0 Å². The molecular formula is C20H28N2O4S. The molecule has 1 heterocycles. The molecule has 0 spiro atoms. The van der Waals surface area contributed by atoms with Gasteiger partial charge >= 0.3 is 5.97 Å². The highest BCUT2D eigenvalue weighted by molar-refractivity contribution is 7.80. The molecule has 1 aromatic rings. The van der Waals surface area contributed by atoms with Gasteiger partial charge in [0.2, 0.25) is 0 Å². The summed E-state index contributed by atoms with van der Waals surface area (Å²) in [6, 6.07) is 5.23. The predicted octanol–water partition coefficient (Wildman–Crippen LogP) is 3.62. The third kappa shape index (κ3) is 5.35. The monoisotopic (exact) mass is 392 g/mol. The Hall–Kier alpha value is -2.28. The lowest BCUT2D eigenvalue weighted by molar-refractivity contribution is -0.139. The Kier molecular flexibility index (Phi) is 7.91. The molecule has 1 aliphatic rings. The van der Waals surface area contributed by atoms with Crippen LogP contribution < -0.4 is 20.1 Å². The maximum absolute atomic E-state index is 12.5. The molecule has 1 aromatic carbocycles. The largest absolute Gasteiger partial charge is 0.493 e. The predicted molar refractivity (Wildman–Crippen MR) is 109 cm³/mol. The summed E-state index contributed by atoms with van der Waals surface area (Å²) in [5, 5.41) is 6.60. The van der Waals surface area contributed by atoms with Crippen LogP contribution >= 0.6 is 12.2 Å². The van der Waals surface area contributed by atoms with Crippen molar-refractivity contribution in [1.29, 1.82) is 0 Å². The van der Waals surface area contributed by atoms with Crippen molar-refractivity contribution in [2.45, 2.75) is 46.1 Å². The SMILES string of the molecule is CCCCCOc1ccc([C@H]2NC(=S)NC(C)=C2C(=O)OCC)cc1OC. The first-order valence-electron chi connectivity index (χ1n) is 9.27. The number of nitrogens with one attached hydrogen (secondary N) is 2. The molecule has 0 aliphatic carbocycles. The highest BCUT2D eigenvalue weighted by Crippen LogP contribution is 2.34. The highest BCUT2D eigenvalue weighted by Gasteiger charge is 2.31. The van der Waals surface area contributed by atoms with Crippen LogP contribution in [-0.4, -0.2) is 31.4 Å². The molecule has 0 amide bonds. The number of hydrogen-bond acceptors (Lipinski definition) is 5. The van der Waals surface area contributed by atoms with Gasteiger partial charge in [0.25, 0.3) is 0 Å². The summed E-state index contributed by atoms with van der Waals surface area (Å²) in [5.74, 6) is 0.935. The maximum atomic E-state index is 12.5. The van der Waals surface area contributed by atoms with Gasteiger partial charge in [-0.2, -0.15) is 0 Å². The van der Waals surface area contributed by atoms with Crippen molar-refractivity contribution in [1.82, 2.24) is 10.6 Å². The van der Waals surface area contributed by atoms with Gasteiger partial charge in [0, 0.05) is 5.70 Å². The Morgan fingerprint density at radius 3 is 2.67 bits per heavy atom. The third-order valence-corrected chi connectivity index (χ3v) is 4.51. The second-order valence-electron chi connectivity index (χ2n) is 6.26. The Bertz CT molecular complexity index is 718. The first-order valence-corrected chi connectivity index (χ1v) is 9.68. The van der Waals surface area contributed by atoms with Crippen LogP contribution in [0.15, 0.2) is 29.5 Å². The minimum Gasteiger partial charge on any atom is -0.493 e. The molecule has 148 valence electrons. The van der Waals surface area contributed by atoms with Crippen molar-refractivity contribution in [2.75, 3.05) is 20.3 Å². The number of rotatable bonds is 9. The quantitative estimate of drug-likeness (QED) is 0.378. The fourth-order valence-corrected chi connectivity index (χ4v) is 3.21. The average molecular weight is 393 g/mol. The summed E-state index contributed by atoms with van der Waals surface area (Å²) >= 11 is 5.27.